The second-order valence-corrected chi connectivity index (χ2v) is 13.4. The number of carbonyl (C=O) groups excluding carboxylic acids is 5. The molecule has 0 heterocycles. The van der Waals surface area contributed by atoms with Crippen LogP contribution in [0.1, 0.15) is 35.6 Å². The first-order chi connectivity index (χ1) is 27.9. The first kappa shape index (κ1) is 43.7. The molecule has 58 heavy (non-hydrogen) atoms. The third kappa shape index (κ3) is 14.6. The van der Waals surface area contributed by atoms with Gasteiger partial charge in [-0.1, -0.05) is 121 Å². The van der Waals surface area contributed by atoms with E-state index in [1.807, 2.05) is 0 Å². The molecule has 15 nitrogen and oxygen atoms in total. The molecule has 4 amide bonds. The predicted octanol–water partition coefficient (Wildman–Crippen LogP) is 3.41. The van der Waals surface area contributed by atoms with Crippen molar-refractivity contribution >= 4 is 41.7 Å². The molecule has 2 unspecified atom stereocenters. The maximum atomic E-state index is 14.2. The Morgan fingerprint density at radius 3 is 1.53 bits per heavy atom. The molecule has 0 fully saturated rings. The van der Waals surface area contributed by atoms with Crippen LogP contribution < -0.4 is 21.3 Å². The van der Waals surface area contributed by atoms with Crippen molar-refractivity contribution in [3.05, 3.63) is 144 Å². The van der Waals surface area contributed by atoms with E-state index in [-0.39, 0.29) is 26.1 Å². The zero-order chi connectivity index (χ0) is 41.9. The number of hydrogen-bond donors (Lipinski definition) is 6. The average Bonchev–Trinajstić information content (AvgIpc) is 3.23. The fourth-order valence-electron chi connectivity index (χ4n) is 5.87. The number of esters is 1. The van der Waals surface area contributed by atoms with E-state index in [4.69, 9.17) is 9.47 Å². The van der Waals surface area contributed by atoms with Crippen molar-refractivity contribution in [3.63, 3.8) is 0 Å². The van der Waals surface area contributed by atoms with E-state index < -0.39 is 84.6 Å². The van der Waals surface area contributed by atoms with E-state index in [9.17, 15) is 43.8 Å². The Balaban J connectivity index is 1.56. The van der Waals surface area contributed by atoms with Crippen molar-refractivity contribution in [1.82, 2.24) is 21.3 Å². The fourth-order valence-corrected chi connectivity index (χ4v) is 5.87. The Bertz CT molecular complexity index is 1980. The van der Waals surface area contributed by atoms with E-state index in [0.29, 0.717) is 22.3 Å². The Morgan fingerprint density at radius 1 is 0.552 bits per heavy atom. The van der Waals surface area contributed by atoms with E-state index >= 15 is 0 Å². The van der Waals surface area contributed by atoms with Crippen molar-refractivity contribution in [2.45, 2.75) is 57.5 Å². The van der Waals surface area contributed by atoms with Gasteiger partial charge in [0.05, 0.1) is 11.8 Å². The van der Waals surface area contributed by atoms with Gasteiger partial charge in [0.15, 0.2) is 0 Å². The lowest BCUT2D eigenvalue weighted by Crippen LogP contribution is -2.59. The molecule has 0 radical (unpaired) electrons. The Hall–Kier alpha value is -7.03. The molecule has 15 heteroatoms. The summed E-state index contributed by atoms with van der Waals surface area (Å²) in [5.41, 5.74) is 2.53. The number of nitrogens with one attached hydrogen (secondary N) is 4. The first-order valence-corrected chi connectivity index (χ1v) is 18.5. The lowest BCUT2D eigenvalue weighted by Gasteiger charge is -2.28. The molecular formula is C43H46N4O11. The molecule has 0 aliphatic carbocycles. The minimum Gasteiger partial charge on any atom is -0.481 e. The molecule has 304 valence electrons. The van der Waals surface area contributed by atoms with Crippen LogP contribution in [0.25, 0.3) is 0 Å². The normalized spacial score (nSPS) is 13.3. The van der Waals surface area contributed by atoms with E-state index in [1.165, 1.54) is 6.92 Å². The highest BCUT2D eigenvalue weighted by molar-refractivity contribution is 5.96. The summed E-state index contributed by atoms with van der Waals surface area (Å²) >= 11 is 0. The van der Waals surface area contributed by atoms with Gasteiger partial charge in [0.1, 0.15) is 37.9 Å². The number of carbonyl (C=O) groups is 7. The number of aliphatic carboxylic acids is 2. The highest BCUT2D eigenvalue weighted by Crippen LogP contribution is 2.18. The van der Waals surface area contributed by atoms with Crippen LogP contribution in [0.4, 0.5) is 4.79 Å². The number of amides is 4. The van der Waals surface area contributed by atoms with Gasteiger partial charge < -0.3 is 41.0 Å². The summed E-state index contributed by atoms with van der Waals surface area (Å²) in [6.45, 7) is 0.472. The van der Waals surface area contributed by atoms with Gasteiger partial charge in [0, 0.05) is 0 Å². The molecule has 0 saturated carbocycles. The molecule has 4 aromatic rings. The molecule has 0 spiro atoms. The van der Waals surface area contributed by atoms with Gasteiger partial charge in [-0.15, -0.1) is 0 Å². The molecule has 4 aromatic carbocycles. The zero-order valence-electron chi connectivity index (χ0n) is 31.7. The average molecular weight is 795 g/mol. The number of hydrogen-bond acceptors (Lipinski definition) is 9. The maximum absolute atomic E-state index is 14.2. The number of benzene rings is 4. The molecule has 0 aliphatic rings. The van der Waals surface area contributed by atoms with Crippen LogP contribution in [0.5, 0.6) is 0 Å². The number of alkyl carbamates (subject to hydrolysis) is 1. The standard InChI is InChI=1S/C43H46N4O11/c1-28(45-43(56)58-27-32-20-12-5-13-21-32)38(49)46-35(24-33(41(52)53)22-29-14-6-2-7-15-29)39(50)47-37(34(42(54)55)23-30-16-8-3-9-17-30)40(51)44-25-36(48)57-26-31-18-10-4-11-19-31/h2-21,28,33-35,37H,22-27H2,1H3,(H,44,51)(H,45,56)(H,46,49)(H,47,50)(H,52,53)(H,54,55)/t28-,33?,34?,35-,37-/m0/s1. The topological polar surface area (TPSA) is 227 Å². The SMILES string of the molecule is C[C@H](NC(=O)OCc1ccccc1)C(=O)N[C@@H](CC(Cc1ccccc1)C(=O)O)C(=O)N[C@H](C(=O)NCC(=O)OCc1ccccc1)C(Cc1ccccc1)C(=O)O. The second-order valence-electron chi connectivity index (χ2n) is 13.4. The van der Waals surface area contributed by atoms with Crippen LogP contribution in [-0.2, 0) is 64.3 Å². The van der Waals surface area contributed by atoms with E-state index in [1.54, 1.807) is 121 Å². The number of carboxylic acid groups (broad SMARTS) is 2. The van der Waals surface area contributed by atoms with Gasteiger partial charge >= 0.3 is 24.0 Å². The monoisotopic (exact) mass is 794 g/mol. The van der Waals surface area contributed by atoms with Crippen molar-refractivity contribution < 1.29 is 53.2 Å². The van der Waals surface area contributed by atoms with Gasteiger partial charge in [-0.05, 0) is 48.4 Å². The molecule has 4 rings (SSSR count). The lowest BCUT2D eigenvalue weighted by atomic mass is 9.89. The van der Waals surface area contributed by atoms with Crippen LogP contribution in [0.3, 0.4) is 0 Å². The van der Waals surface area contributed by atoms with Crippen molar-refractivity contribution in [2.75, 3.05) is 6.54 Å². The molecule has 5 atom stereocenters. The molecular weight excluding hydrogens is 748 g/mol. The Kier molecular flexibility index (Phi) is 17.0. The molecule has 0 aliphatic heterocycles. The molecule has 0 saturated heterocycles. The van der Waals surface area contributed by atoms with Gasteiger partial charge in [0.2, 0.25) is 17.7 Å². The maximum Gasteiger partial charge on any atom is 0.408 e. The summed E-state index contributed by atoms with van der Waals surface area (Å²) in [5, 5.41) is 30.2. The van der Waals surface area contributed by atoms with Crippen LogP contribution in [0, 0.1) is 11.8 Å². The van der Waals surface area contributed by atoms with E-state index in [2.05, 4.69) is 21.3 Å². The largest absolute Gasteiger partial charge is 0.481 e. The van der Waals surface area contributed by atoms with Crippen molar-refractivity contribution in [3.8, 4) is 0 Å². The smallest absolute Gasteiger partial charge is 0.408 e. The molecule has 0 aromatic heterocycles. The minimum atomic E-state index is -1.83. The van der Waals surface area contributed by atoms with Gasteiger partial charge in [-0.2, -0.15) is 0 Å². The van der Waals surface area contributed by atoms with Crippen LogP contribution in [0.2, 0.25) is 0 Å². The number of carboxylic acids is 2. The number of ether oxygens (including phenoxy) is 2. The van der Waals surface area contributed by atoms with Gasteiger partial charge in [-0.25, -0.2) is 4.79 Å². The number of rotatable bonds is 21. The quantitative estimate of drug-likeness (QED) is 0.0671. The van der Waals surface area contributed by atoms with Gasteiger partial charge in [-0.3, -0.25) is 28.8 Å². The second kappa shape index (κ2) is 22.5. The third-order valence-electron chi connectivity index (χ3n) is 9.02. The lowest BCUT2D eigenvalue weighted by molar-refractivity contribution is -0.147. The summed E-state index contributed by atoms with van der Waals surface area (Å²) in [6.07, 6.45) is -1.72. The Morgan fingerprint density at radius 2 is 1.03 bits per heavy atom. The van der Waals surface area contributed by atoms with Crippen molar-refractivity contribution in [2.24, 2.45) is 11.8 Å². The van der Waals surface area contributed by atoms with Crippen LogP contribution in [-0.4, -0.2) is 76.6 Å². The third-order valence-corrected chi connectivity index (χ3v) is 9.02. The zero-order valence-corrected chi connectivity index (χ0v) is 31.7. The van der Waals surface area contributed by atoms with Gasteiger partial charge in [0.25, 0.3) is 0 Å². The highest BCUT2D eigenvalue weighted by atomic mass is 16.5. The summed E-state index contributed by atoms with van der Waals surface area (Å²) in [5.74, 6) is -9.46. The highest BCUT2D eigenvalue weighted by Gasteiger charge is 2.38. The predicted molar refractivity (Wildman–Crippen MR) is 209 cm³/mol. The first-order valence-electron chi connectivity index (χ1n) is 18.5. The summed E-state index contributed by atoms with van der Waals surface area (Å²) in [4.78, 5) is 91.9. The minimum absolute atomic E-state index is 0.0454. The summed E-state index contributed by atoms with van der Waals surface area (Å²) < 4.78 is 10.4. The fraction of sp³-hybridized carbons (Fsp3) is 0.279. The van der Waals surface area contributed by atoms with E-state index in [0.717, 1.165) is 0 Å². The van der Waals surface area contributed by atoms with Crippen molar-refractivity contribution in [1.29, 1.82) is 0 Å². The Labute approximate surface area is 335 Å². The molecule has 0 bridgehead atoms. The van der Waals surface area contributed by atoms with Crippen LogP contribution >= 0.6 is 0 Å². The summed E-state index contributed by atoms with van der Waals surface area (Å²) in [7, 11) is 0. The summed E-state index contributed by atoms with van der Waals surface area (Å²) in [6, 6.07) is 29.7. The molecule has 6 N–H and O–H groups in total. The van der Waals surface area contributed by atoms with Crippen LogP contribution in [0.15, 0.2) is 121 Å².